The summed E-state index contributed by atoms with van der Waals surface area (Å²) in [5.74, 6) is 2.48. The van der Waals surface area contributed by atoms with Crippen molar-refractivity contribution in [1.29, 1.82) is 0 Å². The van der Waals surface area contributed by atoms with Crippen molar-refractivity contribution in [3.63, 3.8) is 0 Å². The van der Waals surface area contributed by atoms with Crippen molar-refractivity contribution in [1.82, 2.24) is 20.0 Å². The monoisotopic (exact) mass is 521 g/mol. The maximum atomic E-state index is 14.2. The molecule has 8 heteroatoms. The Morgan fingerprint density at radius 2 is 1.95 bits per heavy atom. The molecule has 1 aliphatic carbocycles. The quantitative estimate of drug-likeness (QED) is 0.304. The summed E-state index contributed by atoms with van der Waals surface area (Å²) < 4.78 is 26.3. The summed E-state index contributed by atoms with van der Waals surface area (Å²) in [6.07, 6.45) is 6.50. The molecule has 7 nitrogen and oxygen atoms in total. The number of rotatable bonds is 13. The molecular weight excluding hydrogens is 481 g/mol. The number of nitrogen functional groups attached to an aromatic ring is 1. The van der Waals surface area contributed by atoms with Gasteiger partial charge < -0.3 is 20.1 Å². The van der Waals surface area contributed by atoms with Crippen LogP contribution in [0.15, 0.2) is 42.6 Å². The highest BCUT2D eigenvalue weighted by Crippen LogP contribution is 2.42. The number of aromatic nitrogens is 2. The van der Waals surface area contributed by atoms with Crippen LogP contribution in [0.2, 0.25) is 0 Å². The first-order valence-corrected chi connectivity index (χ1v) is 13.8. The lowest BCUT2D eigenvalue weighted by molar-refractivity contribution is 0.232. The van der Waals surface area contributed by atoms with Crippen LogP contribution in [0.5, 0.6) is 11.5 Å². The lowest BCUT2D eigenvalue weighted by atomic mass is 10.1. The van der Waals surface area contributed by atoms with E-state index in [0.29, 0.717) is 30.8 Å². The number of halogens is 1. The summed E-state index contributed by atoms with van der Waals surface area (Å²) in [7, 11) is 2.16. The van der Waals surface area contributed by atoms with Crippen LogP contribution in [0, 0.1) is 24.6 Å². The Labute approximate surface area is 225 Å². The smallest absolute Gasteiger partial charge is 0.127 e. The molecule has 2 unspecified atom stereocenters. The first-order valence-electron chi connectivity index (χ1n) is 13.8. The molecule has 0 bridgehead atoms. The predicted octanol–water partition coefficient (Wildman–Crippen LogP) is 5.12. The molecule has 3 aromatic rings. The lowest BCUT2D eigenvalue weighted by Gasteiger charge is -2.21. The van der Waals surface area contributed by atoms with E-state index in [1.165, 1.54) is 44.5 Å². The van der Waals surface area contributed by atoms with E-state index >= 15 is 0 Å². The third-order valence-corrected chi connectivity index (χ3v) is 7.75. The van der Waals surface area contributed by atoms with Crippen LogP contribution >= 0.6 is 0 Å². The maximum absolute atomic E-state index is 14.2. The molecule has 2 aromatic carbocycles. The molecule has 1 saturated heterocycles. The number of aromatic amines is 1. The first kappa shape index (κ1) is 26.5. The third kappa shape index (κ3) is 7.05. The number of ether oxygens (including phenoxy) is 2. The van der Waals surface area contributed by atoms with Gasteiger partial charge in [-0.25, -0.2) is 4.39 Å². The van der Waals surface area contributed by atoms with Gasteiger partial charge in [-0.15, -0.1) is 0 Å². The van der Waals surface area contributed by atoms with E-state index in [-0.39, 0.29) is 5.82 Å². The Morgan fingerprint density at radius 1 is 1.11 bits per heavy atom. The van der Waals surface area contributed by atoms with Crippen LogP contribution in [-0.4, -0.2) is 66.4 Å². The molecular formula is C30H40FN5O2. The van der Waals surface area contributed by atoms with E-state index in [4.69, 9.17) is 15.2 Å². The van der Waals surface area contributed by atoms with E-state index in [1.54, 1.807) is 6.20 Å². The fraction of sp³-hybridized carbons (Fsp3) is 0.500. The summed E-state index contributed by atoms with van der Waals surface area (Å²) in [5, 5.41) is 6.97. The fourth-order valence-electron chi connectivity index (χ4n) is 5.55. The van der Waals surface area contributed by atoms with Crippen LogP contribution in [0.1, 0.15) is 36.8 Å². The van der Waals surface area contributed by atoms with E-state index in [0.717, 1.165) is 59.9 Å². The second-order valence-electron chi connectivity index (χ2n) is 11.0. The van der Waals surface area contributed by atoms with Crippen molar-refractivity contribution in [2.75, 3.05) is 52.2 Å². The number of anilines is 1. The van der Waals surface area contributed by atoms with Crippen LogP contribution in [-0.2, 0) is 6.54 Å². The van der Waals surface area contributed by atoms with Crippen molar-refractivity contribution >= 4 is 5.69 Å². The van der Waals surface area contributed by atoms with Gasteiger partial charge in [0.1, 0.15) is 23.9 Å². The Morgan fingerprint density at radius 3 is 2.74 bits per heavy atom. The average Bonchev–Trinajstić information content (AvgIpc) is 3.21. The van der Waals surface area contributed by atoms with Crippen molar-refractivity contribution < 1.29 is 13.9 Å². The van der Waals surface area contributed by atoms with Gasteiger partial charge in [0.15, 0.2) is 0 Å². The Bertz CT molecular complexity index is 1210. The summed E-state index contributed by atoms with van der Waals surface area (Å²) in [6.45, 7) is 8.42. The first-order chi connectivity index (χ1) is 18.4. The molecule has 0 amide bonds. The zero-order chi connectivity index (χ0) is 26.5. The van der Waals surface area contributed by atoms with Crippen molar-refractivity contribution in [2.24, 2.45) is 11.8 Å². The molecule has 5 rings (SSSR count). The Hall–Kier alpha value is -3.10. The molecule has 2 aliphatic rings. The van der Waals surface area contributed by atoms with Gasteiger partial charge in [0, 0.05) is 42.5 Å². The number of hydrogen-bond acceptors (Lipinski definition) is 6. The van der Waals surface area contributed by atoms with Gasteiger partial charge in [-0.05, 0) is 100 Å². The number of likely N-dealkylation sites (tertiary alicyclic amines) is 1. The zero-order valence-electron chi connectivity index (χ0n) is 22.6. The molecule has 204 valence electrons. The molecule has 0 spiro atoms. The highest BCUT2D eigenvalue weighted by molar-refractivity contribution is 5.64. The molecule has 2 fully saturated rings. The molecule has 1 aliphatic heterocycles. The summed E-state index contributed by atoms with van der Waals surface area (Å²) in [4.78, 5) is 4.83. The van der Waals surface area contributed by atoms with Crippen LogP contribution in [0.3, 0.4) is 0 Å². The van der Waals surface area contributed by atoms with Gasteiger partial charge in [0.2, 0.25) is 0 Å². The summed E-state index contributed by atoms with van der Waals surface area (Å²) in [5.41, 5.74) is 10.6. The minimum atomic E-state index is -0.307. The van der Waals surface area contributed by atoms with Gasteiger partial charge in [-0.1, -0.05) is 0 Å². The number of aryl methyl sites for hydroxylation is 1. The van der Waals surface area contributed by atoms with Crippen molar-refractivity contribution in [3.05, 3.63) is 59.5 Å². The molecule has 0 radical (unpaired) electrons. The molecule has 1 saturated carbocycles. The Kier molecular flexibility index (Phi) is 8.49. The summed E-state index contributed by atoms with van der Waals surface area (Å²) in [6, 6.07) is 10.8. The van der Waals surface area contributed by atoms with Crippen LogP contribution < -0.4 is 15.2 Å². The van der Waals surface area contributed by atoms with Gasteiger partial charge >= 0.3 is 0 Å². The van der Waals surface area contributed by atoms with Crippen molar-refractivity contribution in [2.45, 2.75) is 39.2 Å². The lowest BCUT2D eigenvalue weighted by Crippen LogP contribution is -2.25. The zero-order valence-corrected chi connectivity index (χ0v) is 22.6. The largest absolute Gasteiger partial charge is 0.493 e. The number of nitrogens with two attached hydrogens (primary N) is 1. The van der Waals surface area contributed by atoms with E-state index in [9.17, 15) is 4.39 Å². The van der Waals surface area contributed by atoms with E-state index < -0.39 is 0 Å². The van der Waals surface area contributed by atoms with E-state index in [2.05, 4.69) is 27.0 Å². The number of nitrogens with one attached hydrogen (secondary N) is 1. The average molecular weight is 522 g/mol. The van der Waals surface area contributed by atoms with Gasteiger partial charge in [-0.3, -0.25) is 10.00 Å². The predicted molar refractivity (Wildman–Crippen MR) is 149 cm³/mol. The third-order valence-electron chi connectivity index (χ3n) is 7.75. The summed E-state index contributed by atoms with van der Waals surface area (Å²) >= 11 is 0. The minimum Gasteiger partial charge on any atom is -0.493 e. The second-order valence-corrected chi connectivity index (χ2v) is 11.0. The normalized spacial score (nSPS) is 19.3. The van der Waals surface area contributed by atoms with Gasteiger partial charge in [0.05, 0.1) is 18.5 Å². The van der Waals surface area contributed by atoms with Crippen molar-refractivity contribution in [3.8, 4) is 22.8 Å². The highest BCUT2D eigenvalue weighted by Gasteiger charge is 2.37. The van der Waals surface area contributed by atoms with E-state index in [1.807, 2.05) is 31.2 Å². The number of hydrogen-bond donors (Lipinski definition) is 2. The van der Waals surface area contributed by atoms with Crippen LogP contribution in [0.25, 0.3) is 11.3 Å². The standard InChI is InChI=1S/C30H40FN5O2/c1-21-18-33-34-30(21)23-14-26(31)17-28(16-23)37-11-7-22-13-24(22)19-35(2)20-25-15-27(32)5-6-29(25)38-12-10-36-8-3-4-9-36/h5-6,14-18,22,24H,3-4,7-13,19-20,32H2,1-2H3,(H,33,34). The second kappa shape index (κ2) is 12.2. The SMILES string of the molecule is Cc1cn[nH]c1-c1cc(F)cc(OCCC2CC2CN(C)Cc2cc(N)ccc2OCCN2CCCC2)c1. The molecule has 2 atom stereocenters. The topological polar surface area (TPSA) is 79.6 Å². The molecule has 3 N–H and O–H groups in total. The Balaban J connectivity index is 1.06. The number of nitrogens with zero attached hydrogens (tertiary/aromatic N) is 3. The molecule has 2 heterocycles. The molecule has 38 heavy (non-hydrogen) atoms. The van der Waals surface area contributed by atoms with Gasteiger partial charge in [-0.2, -0.15) is 5.10 Å². The fourth-order valence-corrected chi connectivity index (χ4v) is 5.55. The maximum Gasteiger partial charge on any atom is 0.127 e. The highest BCUT2D eigenvalue weighted by atomic mass is 19.1. The van der Waals surface area contributed by atoms with Gasteiger partial charge in [0.25, 0.3) is 0 Å². The minimum absolute atomic E-state index is 0.307. The number of H-pyrrole nitrogens is 1. The van der Waals surface area contributed by atoms with Crippen LogP contribution in [0.4, 0.5) is 10.1 Å². The number of benzene rings is 2. The molecule has 1 aromatic heterocycles.